The van der Waals surface area contributed by atoms with Gasteiger partial charge in [-0.2, -0.15) is 0 Å². The molecule has 0 aliphatic carbocycles. The van der Waals surface area contributed by atoms with Crippen molar-refractivity contribution in [3.05, 3.63) is 44.4 Å². The molecule has 0 unspecified atom stereocenters. The number of aromatic nitrogens is 1. The summed E-state index contributed by atoms with van der Waals surface area (Å²) in [4.78, 5) is 14.9. The average molecular weight is 294 g/mol. The van der Waals surface area contributed by atoms with E-state index < -0.39 is 4.92 Å². The lowest BCUT2D eigenvalue weighted by Crippen LogP contribution is -2.00. The van der Waals surface area contributed by atoms with Crippen molar-refractivity contribution in [3.8, 4) is 11.5 Å². The molecule has 0 atom stereocenters. The van der Waals surface area contributed by atoms with E-state index in [9.17, 15) is 10.1 Å². The van der Waals surface area contributed by atoms with Gasteiger partial charge in [-0.25, -0.2) is 4.98 Å². The molecule has 2 aromatic rings. The number of aryl methyl sites for hydroxylation is 1. The molecule has 7 heteroatoms. The van der Waals surface area contributed by atoms with Crippen LogP contribution in [0, 0.1) is 10.1 Å². The van der Waals surface area contributed by atoms with Crippen LogP contribution in [0.15, 0.2) is 23.6 Å². The van der Waals surface area contributed by atoms with E-state index in [1.54, 1.807) is 17.4 Å². The van der Waals surface area contributed by atoms with Gasteiger partial charge >= 0.3 is 5.69 Å². The summed E-state index contributed by atoms with van der Waals surface area (Å²) in [5.41, 5.74) is 0.660. The molecule has 0 spiro atoms. The highest BCUT2D eigenvalue weighted by Gasteiger charge is 2.17. The lowest BCUT2D eigenvalue weighted by atomic mass is 10.3. The van der Waals surface area contributed by atoms with Crippen LogP contribution in [0.3, 0.4) is 0 Å². The van der Waals surface area contributed by atoms with E-state index in [-0.39, 0.29) is 18.0 Å². The van der Waals surface area contributed by atoms with Crippen molar-refractivity contribution >= 4 is 17.0 Å². The molecule has 0 bridgehead atoms. The topological polar surface area (TPSA) is 74.5 Å². The third-order valence-corrected chi connectivity index (χ3v) is 3.68. The van der Waals surface area contributed by atoms with Crippen LogP contribution in [0.1, 0.15) is 17.6 Å². The zero-order chi connectivity index (χ0) is 14.5. The van der Waals surface area contributed by atoms with E-state index >= 15 is 0 Å². The van der Waals surface area contributed by atoms with Gasteiger partial charge in [0.15, 0.2) is 5.75 Å². The zero-order valence-corrected chi connectivity index (χ0v) is 12.0. The molecule has 2 rings (SSSR count). The highest BCUT2D eigenvalue weighted by molar-refractivity contribution is 7.09. The summed E-state index contributed by atoms with van der Waals surface area (Å²) in [5.74, 6) is 0.632. The number of nitro benzene ring substituents is 1. The molecule has 0 radical (unpaired) electrons. The van der Waals surface area contributed by atoms with E-state index in [1.807, 2.05) is 12.3 Å². The molecule has 0 N–H and O–H groups in total. The smallest absolute Gasteiger partial charge is 0.314 e. The minimum absolute atomic E-state index is 0.115. The lowest BCUT2D eigenvalue weighted by Gasteiger charge is -2.06. The molecular weight excluding hydrogens is 280 g/mol. The molecule has 0 fully saturated rings. The summed E-state index contributed by atoms with van der Waals surface area (Å²) in [6.07, 6.45) is 0.868. The number of ether oxygens (including phenoxy) is 2. The summed E-state index contributed by atoms with van der Waals surface area (Å²) >= 11 is 1.56. The molecule has 20 heavy (non-hydrogen) atoms. The van der Waals surface area contributed by atoms with Gasteiger partial charge < -0.3 is 9.47 Å². The Bertz CT molecular complexity index is 612. The highest BCUT2D eigenvalue weighted by atomic mass is 32.1. The molecule has 0 saturated heterocycles. The van der Waals surface area contributed by atoms with Crippen molar-refractivity contribution in [2.24, 2.45) is 0 Å². The molecule has 6 nitrogen and oxygen atoms in total. The lowest BCUT2D eigenvalue weighted by molar-refractivity contribution is -0.386. The molecular formula is C13H14N2O4S. The number of nitro groups is 1. The number of rotatable bonds is 6. The summed E-state index contributed by atoms with van der Waals surface area (Å²) in [5, 5.41) is 13.9. The summed E-state index contributed by atoms with van der Waals surface area (Å²) in [6, 6.07) is 4.50. The summed E-state index contributed by atoms with van der Waals surface area (Å²) in [6.45, 7) is 2.24. The van der Waals surface area contributed by atoms with Gasteiger partial charge in [-0.3, -0.25) is 10.1 Å². The SMILES string of the molecule is CCc1nc(COc2ccc(OC)cc2[N+](=O)[O-])cs1. The predicted octanol–water partition coefficient (Wildman–Crippen LogP) is 3.20. The average Bonchev–Trinajstić information content (AvgIpc) is 2.92. The van der Waals surface area contributed by atoms with Gasteiger partial charge in [0.1, 0.15) is 12.4 Å². The molecule has 1 heterocycles. The van der Waals surface area contributed by atoms with Gasteiger partial charge in [0.25, 0.3) is 0 Å². The van der Waals surface area contributed by atoms with E-state index in [4.69, 9.17) is 9.47 Å². The molecule has 0 amide bonds. The third kappa shape index (κ3) is 3.24. The number of hydrogen-bond acceptors (Lipinski definition) is 6. The van der Waals surface area contributed by atoms with Crippen molar-refractivity contribution in [2.45, 2.75) is 20.0 Å². The maximum absolute atomic E-state index is 11.0. The van der Waals surface area contributed by atoms with Crippen molar-refractivity contribution in [1.29, 1.82) is 0 Å². The summed E-state index contributed by atoms with van der Waals surface area (Å²) in [7, 11) is 1.46. The maximum atomic E-state index is 11.0. The summed E-state index contributed by atoms with van der Waals surface area (Å²) < 4.78 is 10.5. The van der Waals surface area contributed by atoms with Gasteiger partial charge in [-0.1, -0.05) is 6.92 Å². The fraction of sp³-hybridized carbons (Fsp3) is 0.308. The van der Waals surface area contributed by atoms with Gasteiger partial charge in [-0.15, -0.1) is 11.3 Å². The fourth-order valence-electron chi connectivity index (χ4n) is 1.62. The quantitative estimate of drug-likeness (QED) is 0.604. The van der Waals surface area contributed by atoms with Gasteiger partial charge in [-0.05, 0) is 18.6 Å². The Morgan fingerprint density at radius 1 is 1.45 bits per heavy atom. The molecule has 106 valence electrons. The number of nitrogens with zero attached hydrogens (tertiary/aromatic N) is 2. The number of methoxy groups -OCH3 is 1. The van der Waals surface area contributed by atoms with Crippen molar-refractivity contribution in [2.75, 3.05) is 7.11 Å². The second kappa shape index (κ2) is 6.33. The van der Waals surface area contributed by atoms with Crippen LogP contribution in [0.25, 0.3) is 0 Å². The van der Waals surface area contributed by atoms with Gasteiger partial charge in [0.2, 0.25) is 0 Å². The Morgan fingerprint density at radius 3 is 2.85 bits per heavy atom. The van der Waals surface area contributed by atoms with Crippen LogP contribution in [0.4, 0.5) is 5.69 Å². The van der Waals surface area contributed by atoms with Crippen LogP contribution in [0.2, 0.25) is 0 Å². The van der Waals surface area contributed by atoms with Crippen LogP contribution >= 0.6 is 11.3 Å². The molecule has 1 aromatic heterocycles. The Morgan fingerprint density at radius 2 is 2.25 bits per heavy atom. The van der Waals surface area contributed by atoms with Crippen LogP contribution < -0.4 is 9.47 Å². The third-order valence-electron chi connectivity index (χ3n) is 2.64. The van der Waals surface area contributed by atoms with E-state index in [1.165, 1.54) is 19.2 Å². The number of benzene rings is 1. The van der Waals surface area contributed by atoms with Crippen molar-refractivity contribution < 1.29 is 14.4 Å². The van der Waals surface area contributed by atoms with E-state index in [0.29, 0.717) is 5.75 Å². The minimum atomic E-state index is -0.490. The molecule has 0 aliphatic rings. The largest absolute Gasteiger partial charge is 0.496 e. The Labute approximate surface area is 120 Å². The first-order valence-electron chi connectivity index (χ1n) is 6.02. The first-order valence-corrected chi connectivity index (χ1v) is 6.90. The van der Waals surface area contributed by atoms with Crippen LogP contribution in [0.5, 0.6) is 11.5 Å². The minimum Gasteiger partial charge on any atom is -0.496 e. The second-order valence-corrected chi connectivity index (χ2v) is 4.91. The monoisotopic (exact) mass is 294 g/mol. The van der Waals surface area contributed by atoms with Crippen LogP contribution in [-0.2, 0) is 13.0 Å². The zero-order valence-electron chi connectivity index (χ0n) is 11.2. The van der Waals surface area contributed by atoms with Gasteiger partial charge in [0.05, 0.1) is 28.8 Å². The first-order chi connectivity index (χ1) is 9.63. The number of hydrogen-bond donors (Lipinski definition) is 0. The highest BCUT2D eigenvalue weighted by Crippen LogP contribution is 2.31. The first kappa shape index (κ1) is 14.3. The predicted molar refractivity (Wildman–Crippen MR) is 75.5 cm³/mol. The number of thiazole rings is 1. The Balaban J connectivity index is 2.14. The Kier molecular flexibility index (Phi) is 4.52. The van der Waals surface area contributed by atoms with E-state index in [2.05, 4.69) is 4.98 Å². The van der Waals surface area contributed by atoms with Crippen molar-refractivity contribution in [1.82, 2.24) is 4.98 Å². The Hall–Kier alpha value is -2.15. The van der Waals surface area contributed by atoms with E-state index in [0.717, 1.165) is 17.1 Å². The van der Waals surface area contributed by atoms with Crippen molar-refractivity contribution in [3.63, 3.8) is 0 Å². The van der Waals surface area contributed by atoms with Crippen LogP contribution in [-0.4, -0.2) is 17.0 Å². The molecule has 1 aromatic carbocycles. The molecule has 0 aliphatic heterocycles. The molecule has 0 saturated carbocycles. The standard InChI is InChI=1S/C13H14N2O4S/c1-3-13-14-9(8-20-13)7-19-12-5-4-10(18-2)6-11(12)15(16)17/h4-6,8H,3,7H2,1-2H3. The van der Waals surface area contributed by atoms with Gasteiger partial charge in [0, 0.05) is 5.38 Å². The maximum Gasteiger partial charge on any atom is 0.314 e. The fourth-order valence-corrected chi connectivity index (χ4v) is 2.35. The normalized spacial score (nSPS) is 10.3. The second-order valence-electron chi connectivity index (χ2n) is 3.97.